The first-order valence-corrected chi connectivity index (χ1v) is 8.65. The Kier molecular flexibility index (Phi) is 5.14. The van der Waals surface area contributed by atoms with Gasteiger partial charge in [-0.3, -0.25) is 19.8 Å². The zero-order chi connectivity index (χ0) is 16.2. The van der Waals surface area contributed by atoms with Gasteiger partial charge in [0.2, 0.25) is 5.91 Å². The molecule has 0 spiro atoms. The summed E-state index contributed by atoms with van der Waals surface area (Å²) in [4.78, 5) is 26.7. The van der Waals surface area contributed by atoms with E-state index in [0.29, 0.717) is 12.3 Å². The fourth-order valence-corrected chi connectivity index (χ4v) is 4.03. The van der Waals surface area contributed by atoms with Crippen LogP contribution >= 0.6 is 11.8 Å². The van der Waals surface area contributed by atoms with E-state index in [2.05, 4.69) is 4.90 Å². The second-order valence-corrected chi connectivity index (χ2v) is 6.62. The van der Waals surface area contributed by atoms with E-state index in [0.717, 1.165) is 38.4 Å². The quantitative estimate of drug-likeness (QED) is 0.599. The number of non-ortho nitro benzene ring substituents is 1. The van der Waals surface area contributed by atoms with E-state index >= 15 is 0 Å². The molecule has 1 aromatic carbocycles. The molecule has 2 saturated heterocycles. The second kappa shape index (κ2) is 7.29. The minimum Gasteiger partial charge on any atom is -0.379 e. The van der Waals surface area contributed by atoms with Gasteiger partial charge in [0.05, 0.1) is 23.9 Å². The Hall–Kier alpha value is -1.64. The highest BCUT2D eigenvalue weighted by Gasteiger charge is 2.33. The smallest absolute Gasteiger partial charge is 0.269 e. The molecule has 0 radical (unpaired) electrons. The van der Waals surface area contributed by atoms with Gasteiger partial charge in [-0.1, -0.05) is 0 Å². The summed E-state index contributed by atoms with van der Waals surface area (Å²) < 4.78 is 5.33. The second-order valence-electron chi connectivity index (χ2n) is 5.55. The van der Waals surface area contributed by atoms with Crippen LogP contribution in [-0.2, 0) is 9.53 Å². The maximum absolute atomic E-state index is 12.2. The molecule has 8 heteroatoms. The highest BCUT2D eigenvalue weighted by molar-refractivity contribution is 8.00. The van der Waals surface area contributed by atoms with Crippen molar-refractivity contribution in [2.45, 2.75) is 5.37 Å². The highest BCUT2D eigenvalue weighted by atomic mass is 32.2. The van der Waals surface area contributed by atoms with Crippen molar-refractivity contribution in [3.8, 4) is 0 Å². The normalized spacial score (nSPS) is 22.5. The van der Waals surface area contributed by atoms with Crippen molar-refractivity contribution in [2.24, 2.45) is 0 Å². The van der Waals surface area contributed by atoms with Gasteiger partial charge in [-0.2, -0.15) is 0 Å². The molecule has 2 heterocycles. The summed E-state index contributed by atoms with van der Waals surface area (Å²) in [5.41, 5.74) is 1.01. The molecule has 3 rings (SSSR count). The lowest BCUT2D eigenvalue weighted by atomic mass is 10.2. The van der Waals surface area contributed by atoms with Crippen LogP contribution in [0.25, 0.3) is 0 Å². The number of ether oxygens (including phenoxy) is 1. The standard InChI is InChI=1S/C15H19N3O4S/c19-14-11-23-15(12-1-3-13(4-2-12)18(20)21)17(14)6-5-16-7-9-22-10-8-16/h1-4,15H,5-11H2. The van der Waals surface area contributed by atoms with Crippen molar-refractivity contribution >= 4 is 23.4 Å². The highest BCUT2D eigenvalue weighted by Crippen LogP contribution is 2.38. The maximum Gasteiger partial charge on any atom is 0.269 e. The third kappa shape index (κ3) is 3.82. The summed E-state index contributed by atoms with van der Waals surface area (Å²) in [5.74, 6) is 0.594. The Morgan fingerprint density at radius 2 is 1.91 bits per heavy atom. The molecule has 1 amide bonds. The average molecular weight is 337 g/mol. The topological polar surface area (TPSA) is 75.9 Å². The molecule has 1 aromatic rings. The molecule has 0 N–H and O–H groups in total. The number of carbonyl (C=O) groups is 1. The minimum atomic E-state index is -0.410. The number of thioether (sulfide) groups is 1. The van der Waals surface area contributed by atoms with Crippen LogP contribution in [0.1, 0.15) is 10.9 Å². The maximum atomic E-state index is 12.2. The number of morpholine rings is 1. The molecular formula is C15H19N3O4S. The molecule has 0 bridgehead atoms. The summed E-state index contributed by atoms with van der Waals surface area (Å²) in [6.45, 7) is 4.80. The third-order valence-electron chi connectivity index (χ3n) is 4.12. The molecule has 1 atom stereocenters. The molecule has 2 fully saturated rings. The Balaban J connectivity index is 1.65. The van der Waals surface area contributed by atoms with E-state index in [1.165, 1.54) is 12.1 Å². The Labute approximate surface area is 138 Å². The van der Waals surface area contributed by atoms with Crippen LogP contribution in [0.5, 0.6) is 0 Å². The van der Waals surface area contributed by atoms with Gasteiger partial charge in [0.15, 0.2) is 0 Å². The molecule has 2 aliphatic heterocycles. The van der Waals surface area contributed by atoms with E-state index in [4.69, 9.17) is 4.74 Å². The van der Waals surface area contributed by atoms with Gasteiger partial charge >= 0.3 is 0 Å². The van der Waals surface area contributed by atoms with E-state index < -0.39 is 4.92 Å². The number of benzene rings is 1. The van der Waals surface area contributed by atoms with Crippen molar-refractivity contribution in [3.05, 3.63) is 39.9 Å². The summed E-state index contributed by atoms with van der Waals surface area (Å²) in [7, 11) is 0. The van der Waals surface area contributed by atoms with Gasteiger partial charge in [-0.15, -0.1) is 11.8 Å². The number of nitro benzene ring substituents is 1. The third-order valence-corrected chi connectivity index (χ3v) is 5.37. The summed E-state index contributed by atoms with van der Waals surface area (Å²) in [6, 6.07) is 6.49. The van der Waals surface area contributed by atoms with Crippen LogP contribution in [0.3, 0.4) is 0 Å². The predicted octanol–water partition coefficient (Wildman–Crippen LogP) is 1.50. The summed E-state index contributed by atoms with van der Waals surface area (Å²) >= 11 is 1.58. The summed E-state index contributed by atoms with van der Waals surface area (Å²) in [5, 5.41) is 10.7. The number of hydrogen-bond acceptors (Lipinski definition) is 6. The van der Waals surface area contributed by atoms with Gasteiger partial charge in [0.1, 0.15) is 5.37 Å². The molecule has 0 aliphatic carbocycles. The lowest BCUT2D eigenvalue weighted by molar-refractivity contribution is -0.384. The van der Waals surface area contributed by atoms with Crippen LogP contribution < -0.4 is 0 Å². The molecular weight excluding hydrogens is 318 g/mol. The molecule has 0 saturated carbocycles. The van der Waals surface area contributed by atoms with E-state index in [9.17, 15) is 14.9 Å². The van der Waals surface area contributed by atoms with Crippen LogP contribution in [0.2, 0.25) is 0 Å². The molecule has 0 aromatic heterocycles. The number of amides is 1. The molecule has 1 unspecified atom stereocenters. The number of hydrogen-bond donors (Lipinski definition) is 0. The SMILES string of the molecule is O=C1CSC(c2ccc([N+](=O)[O-])cc2)N1CCN1CCOCC1. The first kappa shape index (κ1) is 16.2. The average Bonchev–Trinajstić information content (AvgIpc) is 2.95. The van der Waals surface area contributed by atoms with Gasteiger partial charge < -0.3 is 9.64 Å². The van der Waals surface area contributed by atoms with Crippen molar-refractivity contribution in [1.82, 2.24) is 9.80 Å². The van der Waals surface area contributed by atoms with E-state index in [-0.39, 0.29) is 17.0 Å². The van der Waals surface area contributed by atoms with Gasteiger partial charge in [-0.05, 0) is 17.7 Å². The Morgan fingerprint density at radius 3 is 2.57 bits per heavy atom. The fourth-order valence-electron chi connectivity index (χ4n) is 2.81. The molecule has 7 nitrogen and oxygen atoms in total. The first-order valence-electron chi connectivity index (χ1n) is 7.60. The Morgan fingerprint density at radius 1 is 1.22 bits per heavy atom. The molecule has 23 heavy (non-hydrogen) atoms. The van der Waals surface area contributed by atoms with Crippen molar-refractivity contribution in [1.29, 1.82) is 0 Å². The lowest BCUT2D eigenvalue weighted by Crippen LogP contribution is -2.42. The molecule has 124 valence electrons. The Bertz CT molecular complexity index is 575. The number of rotatable bonds is 5. The van der Waals surface area contributed by atoms with Crippen LogP contribution in [0, 0.1) is 10.1 Å². The zero-order valence-corrected chi connectivity index (χ0v) is 13.5. The van der Waals surface area contributed by atoms with Gasteiger partial charge in [-0.25, -0.2) is 0 Å². The fraction of sp³-hybridized carbons (Fsp3) is 0.533. The monoisotopic (exact) mass is 337 g/mol. The van der Waals surface area contributed by atoms with Crippen LogP contribution in [0.4, 0.5) is 5.69 Å². The number of carbonyl (C=O) groups excluding carboxylic acids is 1. The van der Waals surface area contributed by atoms with Crippen molar-refractivity contribution in [2.75, 3.05) is 45.1 Å². The number of nitro groups is 1. The number of nitrogens with zero attached hydrogens (tertiary/aromatic N) is 3. The first-order chi connectivity index (χ1) is 11.1. The van der Waals surface area contributed by atoms with Crippen molar-refractivity contribution in [3.63, 3.8) is 0 Å². The van der Waals surface area contributed by atoms with Crippen LogP contribution in [0.15, 0.2) is 24.3 Å². The zero-order valence-electron chi connectivity index (χ0n) is 12.7. The minimum absolute atomic E-state index is 0.0515. The molecule has 2 aliphatic rings. The summed E-state index contributed by atoms with van der Waals surface area (Å²) in [6.07, 6.45) is 0. The lowest BCUT2D eigenvalue weighted by Gasteiger charge is -2.30. The van der Waals surface area contributed by atoms with Gasteiger partial charge in [0.25, 0.3) is 5.69 Å². The van der Waals surface area contributed by atoms with E-state index in [1.54, 1.807) is 23.9 Å². The van der Waals surface area contributed by atoms with Crippen molar-refractivity contribution < 1.29 is 14.5 Å². The predicted molar refractivity (Wildman–Crippen MR) is 87.3 cm³/mol. The van der Waals surface area contributed by atoms with E-state index in [1.807, 2.05) is 4.90 Å². The largest absolute Gasteiger partial charge is 0.379 e. The van der Waals surface area contributed by atoms with Crippen LogP contribution in [-0.4, -0.2) is 65.8 Å². The van der Waals surface area contributed by atoms with Gasteiger partial charge in [0, 0.05) is 38.3 Å².